The highest BCUT2D eigenvalue weighted by Gasteiger charge is 2.06. The Kier molecular flexibility index (Phi) is 5.64. The minimum absolute atomic E-state index is 0.304. The van der Waals surface area contributed by atoms with Crippen molar-refractivity contribution in [3.05, 3.63) is 11.6 Å². The zero-order chi connectivity index (χ0) is 9.56. The number of aliphatic hydroxyl groups excluding tert-OH is 1. The van der Waals surface area contributed by atoms with Gasteiger partial charge in [-0.3, -0.25) is 4.79 Å². The summed E-state index contributed by atoms with van der Waals surface area (Å²) < 4.78 is 0. The number of carbonyl (C=O) groups is 1. The lowest BCUT2D eigenvalue weighted by Gasteiger charge is -2.12. The van der Waals surface area contributed by atoms with Crippen LogP contribution in [0.3, 0.4) is 0 Å². The molecule has 0 amide bonds. The van der Waals surface area contributed by atoms with Crippen LogP contribution in [0.4, 0.5) is 0 Å². The van der Waals surface area contributed by atoms with Gasteiger partial charge in [0.1, 0.15) is 6.29 Å². The molecule has 0 aromatic heterocycles. The Hall–Kier alpha value is -0.630. The molecular formula is C10H18O2. The van der Waals surface area contributed by atoms with Crippen LogP contribution in [0, 0.1) is 5.92 Å². The van der Waals surface area contributed by atoms with E-state index in [4.69, 9.17) is 0 Å². The number of allylic oxidation sites excluding steroid dienone is 1. The normalized spacial score (nSPS) is 14.9. The molecule has 0 rings (SSSR count). The van der Waals surface area contributed by atoms with Crippen molar-refractivity contribution in [2.75, 3.05) is 0 Å². The van der Waals surface area contributed by atoms with Crippen molar-refractivity contribution in [1.82, 2.24) is 0 Å². The Balaban J connectivity index is 3.75. The summed E-state index contributed by atoms with van der Waals surface area (Å²) in [6, 6.07) is 0. The van der Waals surface area contributed by atoms with Crippen molar-refractivity contribution >= 4 is 6.29 Å². The molecule has 1 unspecified atom stereocenters. The van der Waals surface area contributed by atoms with Crippen molar-refractivity contribution in [2.45, 2.75) is 39.7 Å². The van der Waals surface area contributed by atoms with Gasteiger partial charge in [-0.05, 0) is 31.8 Å². The average Bonchev–Trinajstić information content (AvgIpc) is 1.84. The van der Waals surface area contributed by atoms with E-state index >= 15 is 0 Å². The number of aldehydes is 1. The average molecular weight is 170 g/mol. The van der Waals surface area contributed by atoms with Crippen molar-refractivity contribution in [3.8, 4) is 0 Å². The number of rotatable bonds is 5. The molecular weight excluding hydrogens is 152 g/mol. The molecule has 1 atom stereocenters. The van der Waals surface area contributed by atoms with Crippen molar-refractivity contribution < 1.29 is 9.90 Å². The summed E-state index contributed by atoms with van der Waals surface area (Å²) in [6.45, 7) is 6.00. The number of hydrogen-bond acceptors (Lipinski definition) is 2. The van der Waals surface area contributed by atoms with E-state index in [1.807, 2.05) is 6.92 Å². The molecule has 0 radical (unpaired) electrons. The summed E-state index contributed by atoms with van der Waals surface area (Å²) in [5.41, 5.74) is 0.943. The Morgan fingerprint density at radius 3 is 2.50 bits per heavy atom. The molecule has 1 N–H and O–H groups in total. The third kappa shape index (κ3) is 6.10. The lowest BCUT2D eigenvalue weighted by atomic mass is 10.0. The van der Waals surface area contributed by atoms with Gasteiger partial charge in [0.05, 0.1) is 6.10 Å². The zero-order valence-corrected chi connectivity index (χ0v) is 8.08. The molecule has 0 aliphatic rings. The summed E-state index contributed by atoms with van der Waals surface area (Å²) in [6.07, 6.45) is 3.36. The van der Waals surface area contributed by atoms with Crippen LogP contribution in [-0.4, -0.2) is 17.5 Å². The smallest absolute Gasteiger partial charge is 0.142 e. The first-order valence-corrected chi connectivity index (χ1v) is 4.35. The highest BCUT2D eigenvalue weighted by atomic mass is 16.3. The van der Waals surface area contributed by atoms with Crippen LogP contribution in [0.5, 0.6) is 0 Å². The molecule has 70 valence electrons. The van der Waals surface area contributed by atoms with Crippen LogP contribution in [0.15, 0.2) is 11.6 Å². The summed E-state index contributed by atoms with van der Waals surface area (Å²) in [5.74, 6) is 0.504. The predicted molar refractivity (Wildman–Crippen MR) is 49.9 cm³/mol. The van der Waals surface area contributed by atoms with Gasteiger partial charge >= 0.3 is 0 Å². The van der Waals surface area contributed by atoms with Crippen LogP contribution < -0.4 is 0 Å². The molecule has 0 heterocycles. The molecule has 0 aromatic carbocycles. The molecule has 0 aliphatic heterocycles. The van der Waals surface area contributed by atoms with Gasteiger partial charge in [0.2, 0.25) is 0 Å². The Morgan fingerprint density at radius 2 is 2.08 bits per heavy atom. The fourth-order valence-electron chi connectivity index (χ4n) is 1.18. The molecule has 0 aliphatic carbocycles. The van der Waals surface area contributed by atoms with Gasteiger partial charge in [-0.15, -0.1) is 0 Å². The van der Waals surface area contributed by atoms with Crippen LogP contribution in [0.25, 0.3) is 0 Å². The quantitative estimate of drug-likeness (QED) is 0.505. The Bertz CT molecular complexity index is 159. The highest BCUT2D eigenvalue weighted by Crippen LogP contribution is 2.11. The van der Waals surface area contributed by atoms with E-state index in [1.54, 1.807) is 0 Å². The molecule has 0 fully saturated rings. The van der Waals surface area contributed by atoms with E-state index in [9.17, 15) is 9.90 Å². The molecule has 12 heavy (non-hydrogen) atoms. The highest BCUT2D eigenvalue weighted by molar-refractivity contribution is 5.65. The number of carbonyl (C=O) groups excluding carboxylic acids is 1. The van der Waals surface area contributed by atoms with E-state index in [1.165, 1.54) is 6.08 Å². The lowest BCUT2D eigenvalue weighted by molar-refractivity contribution is -0.104. The van der Waals surface area contributed by atoms with Crippen molar-refractivity contribution in [1.29, 1.82) is 0 Å². The summed E-state index contributed by atoms with van der Waals surface area (Å²) in [5, 5.41) is 9.46. The molecule has 0 bridgehead atoms. The minimum atomic E-state index is -0.304. The maximum atomic E-state index is 10.1. The van der Waals surface area contributed by atoms with Crippen LogP contribution in [-0.2, 0) is 4.79 Å². The topological polar surface area (TPSA) is 37.3 Å². The fraction of sp³-hybridized carbons (Fsp3) is 0.700. The van der Waals surface area contributed by atoms with Gasteiger partial charge < -0.3 is 5.11 Å². The zero-order valence-electron chi connectivity index (χ0n) is 8.08. The van der Waals surface area contributed by atoms with Gasteiger partial charge in [-0.1, -0.05) is 19.4 Å². The molecule has 0 saturated heterocycles. The minimum Gasteiger partial charge on any atom is -0.393 e. The van der Waals surface area contributed by atoms with E-state index < -0.39 is 0 Å². The number of hydrogen-bond donors (Lipinski definition) is 1. The third-order valence-corrected chi connectivity index (χ3v) is 1.65. The van der Waals surface area contributed by atoms with Gasteiger partial charge in [-0.2, -0.15) is 0 Å². The molecule has 2 heteroatoms. The van der Waals surface area contributed by atoms with Crippen molar-refractivity contribution in [3.63, 3.8) is 0 Å². The molecule has 0 aromatic rings. The summed E-state index contributed by atoms with van der Waals surface area (Å²) >= 11 is 0. The first-order valence-electron chi connectivity index (χ1n) is 4.35. The van der Waals surface area contributed by atoms with E-state index in [-0.39, 0.29) is 6.10 Å². The molecule has 0 saturated carbocycles. The van der Waals surface area contributed by atoms with Crippen LogP contribution >= 0.6 is 0 Å². The first kappa shape index (κ1) is 11.4. The Labute approximate surface area is 74.3 Å². The molecule has 2 nitrogen and oxygen atoms in total. The van der Waals surface area contributed by atoms with Crippen LogP contribution in [0.2, 0.25) is 0 Å². The molecule has 0 spiro atoms. The largest absolute Gasteiger partial charge is 0.393 e. The third-order valence-electron chi connectivity index (χ3n) is 1.65. The van der Waals surface area contributed by atoms with Crippen LogP contribution in [0.1, 0.15) is 33.6 Å². The maximum absolute atomic E-state index is 10.1. The summed E-state index contributed by atoms with van der Waals surface area (Å²) in [7, 11) is 0. The van der Waals surface area contributed by atoms with E-state index in [2.05, 4.69) is 13.8 Å². The van der Waals surface area contributed by atoms with Gasteiger partial charge in [0.25, 0.3) is 0 Å². The monoisotopic (exact) mass is 170 g/mol. The second-order valence-corrected chi connectivity index (χ2v) is 3.64. The second-order valence-electron chi connectivity index (χ2n) is 3.64. The fourth-order valence-corrected chi connectivity index (χ4v) is 1.18. The van der Waals surface area contributed by atoms with E-state index in [0.29, 0.717) is 12.3 Å². The summed E-state index contributed by atoms with van der Waals surface area (Å²) in [4.78, 5) is 10.1. The van der Waals surface area contributed by atoms with Gasteiger partial charge in [0, 0.05) is 0 Å². The van der Waals surface area contributed by atoms with Gasteiger partial charge in [-0.25, -0.2) is 0 Å². The van der Waals surface area contributed by atoms with E-state index in [0.717, 1.165) is 18.3 Å². The lowest BCUT2D eigenvalue weighted by Crippen LogP contribution is -2.10. The maximum Gasteiger partial charge on any atom is 0.142 e. The second kappa shape index (κ2) is 5.95. The SMILES string of the molecule is C/C(=C\C=O)CC(O)CC(C)C. The van der Waals surface area contributed by atoms with Gasteiger partial charge in [0.15, 0.2) is 0 Å². The Morgan fingerprint density at radius 1 is 1.50 bits per heavy atom. The van der Waals surface area contributed by atoms with Crippen molar-refractivity contribution in [2.24, 2.45) is 5.92 Å². The first-order chi connectivity index (χ1) is 5.56. The number of aliphatic hydroxyl groups is 1. The predicted octanol–water partition coefficient (Wildman–Crippen LogP) is 1.93. The standard InChI is InChI=1S/C10H18O2/c1-8(2)6-10(12)7-9(3)4-5-11/h4-5,8,10,12H,6-7H2,1-3H3/b9-4+.